The fourth-order valence-corrected chi connectivity index (χ4v) is 3.36. The van der Waals surface area contributed by atoms with Gasteiger partial charge in [0.1, 0.15) is 0 Å². The highest BCUT2D eigenvalue weighted by atomic mass is 16.2. The maximum absolute atomic E-state index is 12.9. The molecular weight excluding hydrogens is 354 g/mol. The second-order valence-corrected chi connectivity index (χ2v) is 7.29. The Bertz CT molecular complexity index is 846. The number of rotatable bonds is 5. The molecule has 7 nitrogen and oxygen atoms in total. The summed E-state index contributed by atoms with van der Waals surface area (Å²) in [4.78, 5) is 35.1. The van der Waals surface area contributed by atoms with Crippen molar-refractivity contribution in [1.82, 2.24) is 14.9 Å². The number of nitrogens with zero attached hydrogens (tertiary/aromatic N) is 3. The molecule has 1 unspecified atom stereocenters. The molecule has 1 saturated heterocycles. The van der Waals surface area contributed by atoms with E-state index in [4.69, 9.17) is 5.73 Å². The molecule has 1 aliphatic rings. The number of nitrogens with one attached hydrogen (secondary N) is 1. The van der Waals surface area contributed by atoms with Crippen LogP contribution in [0.25, 0.3) is 0 Å². The minimum absolute atomic E-state index is 0.0136. The van der Waals surface area contributed by atoms with Gasteiger partial charge in [-0.25, -0.2) is 9.97 Å². The van der Waals surface area contributed by atoms with E-state index in [1.165, 1.54) is 0 Å². The molecule has 2 aromatic rings. The number of likely N-dealkylation sites (tertiary alicyclic amines) is 1. The molecule has 1 aromatic carbocycles. The van der Waals surface area contributed by atoms with Crippen molar-refractivity contribution in [3.8, 4) is 0 Å². The van der Waals surface area contributed by atoms with Crippen molar-refractivity contribution in [2.75, 3.05) is 24.1 Å². The molecule has 2 heterocycles. The number of hydrogen-bond donors (Lipinski definition) is 2. The summed E-state index contributed by atoms with van der Waals surface area (Å²) in [6.07, 6.45) is 4.13. The van der Waals surface area contributed by atoms with E-state index in [1.54, 1.807) is 24.4 Å². The van der Waals surface area contributed by atoms with Crippen LogP contribution in [0.1, 0.15) is 55.1 Å². The highest BCUT2D eigenvalue weighted by Crippen LogP contribution is 2.27. The van der Waals surface area contributed by atoms with E-state index in [1.807, 2.05) is 30.9 Å². The number of hydrogen-bond acceptors (Lipinski definition) is 5. The zero-order valence-electron chi connectivity index (χ0n) is 16.4. The van der Waals surface area contributed by atoms with Crippen LogP contribution >= 0.6 is 0 Å². The van der Waals surface area contributed by atoms with E-state index < -0.39 is 0 Å². The lowest BCUT2D eigenvalue weighted by Crippen LogP contribution is -2.38. The Kier molecular flexibility index (Phi) is 6.23. The maximum Gasteiger partial charge on any atom is 0.253 e. The van der Waals surface area contributed by atoms with Gasteiger partial charge in [-0.2, -0.15) is 0 Å². The monoisotopic (exact) mass is 381 g/mol. The summed E-state index contributed by atoms with van der Waals surface area (Å²) in [5.74, 6) is 0.467. The molecule has 0 bridgehead atoms. The van der Waals surface area contributed by atoms with Crippen molar-refractivity contribution >= 4 is 23.5 Å². The first-order chi connectivity index (χ1) is 13.5. The molecule has 1 aromatic heterocycles. The molecule has 148 valence electrons. The summed E-state index contributed by atoms with van der Waals surface area (Å²) in [7, 11) is 0. The van der Waals surface area contributed by atoms with E-state index >= 15 is 0 Å². The van der Waals surface area contributed by atoms with Gasteiger partial charge >= 0.3 is 0 Å². The van der Waals surface area contributed by atoms with Crippen LogP contribution in [0.15, 0.2) is 36.5 Å². The normalized spacial score (nSPS) is 15.9. The van der Waals surface area contributed by atoms with Crippen LogP contribution in [0.5, 0.6) is 0 Å². The second kappa shape index (κ2) is 8.82. The Labute approximate surface area is 165 Å². The number of nitrogen functional groups attached to an aromatic ring is 1. The largest absolute Gasteiger partial charge is 0.368 e. The van der Waals surface area contributed by atoms with E-state index in [-0.39, 0.29) is 29.6 Å². The third-order valence-corrected chi connectivity index (χ3v) is 5.33. The molecule has 3 N–H and O–H groups in total. The molecule has 1 fully saturated rings. The number of benzene rings is 1. The lowest BCUT2D eigenvalue weighted by Gasteiger charge is -2.32. The van der Waals surface area contributed by atoms with Gasteiger partial charge in [-0.1, -0.05) is 19.9 Å². The topological polar surface area (TPSA) is 101 Å². The Hall–Kier alpha value is -2.96. The Morgan fingerprint density at radius 2 is 2.04 bits per heavy atom. The average molecular weight is 381 g/mol. The molecule has 1 atom stereocenters. The van der Waals surface area contributed by atoms with Gasteiger partial charge in [-0.15, -0.1) is 0 Å². The molecule has 1 aliphatic heterocycles. The van der Waals surface area contributed by atoms with Crippen LogP contribution < -0.4 is 11.1 Å². The molecule has 0 spiro atoms. The van der Waals surface area contributed by atoms with Gasteiger partial charge in [-0.05, 0) is 43.5 Å². The predicted molar refractivity (Wildman–Crippen MR) is 109 cm³/mol. The van der Waals surface area contributed by atoms with Crippen molar-refractivity contribution in [1.29, 1.82) is 0 Å². The maximum atomic E-state index is 12.9. The smallest absolute Gasteiger partial charge is 0.253 e. The molecule has 0 aliphatic carbocycles. The third-order valence-electron chi connectivity index (χ3n) is 5.33. The van der Waals surface area contributed by atoms with Gasteiger partial charge in [0.05, 0.1) is 0 Å². The van der Waals surface area contributed by atoms with Gasteiger partial charge in [-0.3, -0.25) is 9.59 Å². The molecule has 28 heavy (non-hydrogen) atoms. The minimum Gasteiger partial charge on any atom is -0.368 e. The first-order valence-electron chi connectivity index (χ1n) is 9.76. The number of carbonyl (C=O) groups is 2. The number of nitrogens with two attached hydrogens (primary N) is 1. The fourth-order valence-electron chi connectivity index (χ4n) is 3.36. The van der Waals surface area contributed by atoms with Crippen LogP contribution in [0.3, 0.4) is 0 Å². The Morgan fingerprint density at radius 3 is 2.71 bits per heavy atom. The molecule has 0 saturated carbocycles. The van der Waals surface area contributed by atoms with Crippen LogP contribution in [-0.4, -0.2) is 39.8 Å². The van der Waals surface area contributed by atoms with Gasteiger partial charge < -0.3 is 16.0 Å². The zero-order chi connectivity index (χ0) is 20.1. The standard InChI is InChI=1S/C21H27N5O2/c1-3-14(2)19(27)24-17-6-4-5-16(13-17)20(28)26-11-8-15(9-12-26)18-7-10-23-21(22)25-18/h4-7,10,13-15H,3,8-9,11-12H2,1-2H3,(H,24,27)(H2,22,23,25). The first kappa shape index (κ1) is 19.8. The highest BCUT2D eigenvalue weighted by molar-refractivity contribution is 5.97. The molecular formula is C21H27N5O2. The molecule has 0 radical (unpaired) electrons. The fraction of sp³-hybridized carbons (Fsp3) is 0.429. The number of carbonyl (C=O) groups excluding carboxylic acids is 2. The Morgan fingerprint density at radius 1 is 1.29 bits per heavy atom. The average Bonchev–Trinajstić information content (AvgIpc) is 2.73. The van der Waals surface area contributed by atoms with Crippen molar-refractivity contribution in [3.05, 3.63) is 47.8 Å². The van der Waals surface area contributed by atoms with Crippen molar-refractivity contribution in [2.24, 2.45) is 5.92 Å². The number of anilines is 2. The molecule has 7 heteroatoms. The van der Waals surface area contributed by atoms with Gasteiger partial charge in [0.15, 0.2) is 0 Å². The SMILES string of the molecule is CCC(C)C(=O)Nc1cccc(C(=O)N2CCC(c3ccnc(N)n3)CC2)c1. The summed E-state index contributed by atoms with van der Waals surface area (Å²) in [5, 5.41) is 2.89. The summed E-state index contributed by atoms with van der Waals surface area (Å²) < 4.78 is 0. The third kappa shape index (κ3) is 4.65. The lowest BCUT2D eigenvalue weighted by atomic mass is 9.93. The summed E-state index contributed by atoms with van der Waals surface area (Å²) in [6, 6.07) is 9.04. The molecule has 2 amide bonds. The van der Waals surface area contributed by atoms with Crippen molar-refractivity contribution < 1.29 is 9.59 Å². The number of piperidine rings is 1. The van der Waals surface area contributed by atoms with E-state index in [0.29, 0.717) is 24.3 Å². The summed E-state index contributed by atoms with van der Waals surface area (Å²) >= 11 is 0. The zero-order valence-corrected chi connectivity index (χ0v) is 16.4. The molecule has 3 rings (SSSR count). The van der Waals surface area contributed by atoms with Gasteiger partial charge in [0.2, 0.25) is 11.9 Å². The number of aromatic nitrogens is 2. The minimum atomic E-state index is -0.0609. The van der Waals surface area contributed by atoms with Crippen LogP contribution in [0.2, 0.25) is 0 Å². The lowest BCUT2D eigenvalue weighted by molar-refractivity contribution is -0.119. The van der Waals surface area contributed by atoms with E-state index in [9.17, 15) is 9.59 Å². The summed E-state index contributed by atoms with van der Waals surface area (Å²) in [5.41, 5.74) is 7.86. The van der Waals surface area contributed by atoms with Crippen LogP contribution in [0.4, 0.5) is 11.6 Å². The van der Waals surface area contributed by atoms with Crippen LogP contribution in [-0.2, 0) is 4.79 Å². The first-order valence-corrected chi connectivity index (χ1v) is 9.76. The quantitative estimate of drug-likeness (QED) is 0.829. The van der Waals surface area contributed by atoms with Crippen molar-refractivity contribution in [3.63, 3.8) is 0 Å². The van der Waals surface area contributed by atoms with E-state index in [0.717, 1.165) is 25.0 Å². The predicted octanol–water partition coefficient (Wildman–Crippen LogP) is 3.06. The second-order valence-electron chi connectivity index (χ2n) is 7.29. The number of amides is 2. The Balaban J connectivity index is 1.62. The van der Waals surface area contributed by atoms with Gasteiger partial charge in [0.25, 0.3) is 5.91 Å². The van der Waals surface area contributed by atoms with Crippen molar-refractivity contribution in [2.45, 2.75) is 39.0 Å². The van der Waals surface area contributed by atoms with Crippen LogP contribution in [0, 0.1) is 5.92 Å². The van der Waals surface area contributed by atoms with E-state index in [2.05, 4.69) is 15.3 Å². The summed E-state index contributed by atoms with van der Waals surface area (Å²) in [6.45, 7) is 5.19. The highest BCUT2D eigenvalue weighted by Gasteiger charge is 2.25. The van der Waals surface area contributed by atoms with Gasteiger partial charge in [0, 0.05) is 48.1 Å².